The zero-order valence-corrected chi connectivity index (χ0v) is 14.3. The quantitative estimate of drug-likeness (QED) is 0.183. The van der Waals surface area contributed by atoms with Crippen LogP contribution in [0.5, 0.6) is 11.5 Å². The van der Waals surface area contributed by atoms with Gasteiger partial charge >= 0.3 is 5.97 Å². The van der Waals surface area contributed by atoms with E-state index in [-0.39, 0.29) is 30.9 Å². The Bertz CT molecular complexity index is 691. The van der Waals surface area contributed by atoms with Gasteiger partial charge in [0.05, 0.1) is 13.7 Å². The molecule has 0 aliphatic carbocycles. The van der Waals surface area contributed by atoms with Crippen LogP contribution in [0.1, 0.15) is 18.4 Å². The molecule has 12 heteroatoms. The lowest BCUT2D eigenvalue weighted by molar-refractivity contribution is -0.790. The van der Waals surface area contributed by atoms with Gasteiger partial charge in [0, 0.05) is 6.08 Å². The molecule has 0 aliphatic rings. The standard InChI is InChI=1S/C15H18N2O10/c1-24-14-9-11(4-6-13(14)18)5-7-15(19)25-8-2-3-12(27-17(22)23)10-26-16(20)21/h4-7,9,12,18H,2-3,8,10H2,1H3/b7-5+. The molecule has 0 spiro atoms. The Labute approximate surface area is 153 Å². The number of methoxy groups -OCH3 is 1. The number of carbonyl (C=O) groups excluding carboxylic acids is 1. The van der Waals surface area contributed by atoms with Crippen molar-refractivity contribution >= 4 is 12.0 Å². The highest BCUT2D eigenvalue weighted by Gasteiger charge is 2.15. The highest BCUT2D eigenvalue weighted by molar-refractivity contribution is 5.87. The molecule has 0 radical (unpaired) electrons. The van der Waals surface area contributed by atoms with Gasteiger partial charge in [0.25, 0.3) is 10.2 Å². The van der Waals surface area contributed by atoms with Crippen molar-refractivity contribution in [1.29, 1.82) is 0 Å². The number of rotatable bonds is 12. The van der Waals surface area contributed by atoms with Gasteiger partial charge in [0.2, 0.25) is 0 Å². The van der Waals surface area contributed by atoms with Gasteiger partial charge in [0.1, 0.15) is 12.7 Å². The molecular weight excluding hydrogens is 368 g/mol. The predicted octanol–water partition coefficient (Wildman–Crippen LogP) is 1.52. The van der Waals surface area contributed by atoms with Gasteiger partial charge in [-0.25, -0.2) is 4.79 Å². The van der Waals surface area contributed by atoms with Crippen LogP contribution >= 0.6 is 0 Å². The van der Waals surface area contributed by atoms with E-state index in [0.29, 0.717) is 5.56 Å². The van der Waals surface area contributed by atoms with E-state index in [1.165, 1.54) is 25.3 Å². The van der Waals surface area contributed by atoms with E-state index in [1.807, 2.05) is 0 Å². The molecule has 0 saturated carbocycles. The molecule has 1 aromatic carbocycles. The van der Waals surface area contributed by atoms with E-state index in [9.17, 15) is 30.1 Å². The number of hydrogen-bond acceptors (Lipinski definition) is 10. The molecule has 27 heavy (non-hydrogen) atoms. The van der Waals surface area contributed by atoms with E-state index in [0.717, 1.165) is 6.08 Å². The fourth-order valence-corrected chi connectivity index (χ4v) is 1.93. The predicted molar refractivity (Wildman–Crippen MR) is 88.7 cm³/mol. The number of phenolic OH excluding ortho intramolecular Hbond substituents is 1. The first kappa shape index (κ1) is 21.5. The Kier molecular flexibility index (Phi) is 8.85. The number of phenols is 1. The zero-order valence-electron chi connectivity index (χ0n) is 14.3. The molecule has 1 unspecified atom stereocenters. The summed E-state index contributed by atoms with van der Waals surface area (Å²) in [6.07, 6.45) is 1.65. The van der Waals surface area contributed by atoms with Crippen molar-refractivity contribution in [1.82, 2.24) is 0 Å². The normalized spacial score (nSPS) is 11.6. The van der Waals surface area contributed by atoms with E-state index >= 15 is 0 Å². The Morgan fingerprint density at radius 3 is 2.67 bits per heavy atom. The lowest BCUT2D eigenvalue weighted by atomic mass is 10.2. The molecule has 1 aromatic rings. The van der Waals surface area contributed by atoms with E-state index in [1.54, 1.807) is 6.07 Å². The number of hydrogen-bond donors (Lipinski definition) is 1. The molecule has 12 nitrogen and oxygen atoms in total. The van der Waals surface area contributed by atoms with Gasteiger partial charge in [-0.15, -0.1) is 20.2 Å². The summed E-state index contributed by atoms with van der Waals surface area (Å²) in [7, 11) is 1.39. The van der Waals surface area contributed by atoms with Gasteiger partial charge < -0.3 is 24.3 Å². The van der Waals surface area contributed by atoms with Crippen LogP contribution in [-0.4, -0.2) is 47.7 Å². The SMILES string of the molecule is COc1cc(/C=C/C(=O)OCCCC(CO[N+](=O)[O-])O[N+](=O)[O-])ccc1O. The molecule has 1 N–H and O–H groups in total. The largest absolute Gasteiger partial charge is 0.504 e. The first-order valence-corrected chi connectivity index (χ1v) is 7.62. The molecule has 0 heterocycles. The summed E-state index contributed by atoms with van der Waals surface area (Å²) in [6.45, 7) is -0.678. The van der Waals surface area contributed by atoms with Gasteiger partial charge in [-0.05, 0) is 36.6 Å². The first-order chi connectivity index (χ1) is 12.8. The molecule has 0 amide bonds. The van der Waals surface area contributed by atoms with Crippen LogP contribution in [0.2, 0.25) is 0 Å². The fraction of sp³-hybridized carbons (Fsp3) is 0.400. The zero-order chi connectivity index (χ0) is 20.2. The summed E-state index contributed by atoms with van der Waals surface area (Å²) < 4.78 is 9.86. The second-order valence-corrected chi connectivity index (χ2v) is 5.04. The minimum Gasteiger partial charge on any atom is -0.504 e. The minimum atomic E-state index is -1.15. The van der Waals surface area contributed by atoms with Crippen LogP contribution in [0, 0.1) is 20.2 Å². The maximum absolute atomic E-state index is 11.6. The summed E-state index contributed by atoms with van der Waals surface area (Å²) in [5.41, 5.74) is 0.595. The number of aromatic hydroxyl groups is 1. The third-order valence-electron chi connectivity index (χ3n) is 3.13. The average Bonchev–Trinajstić information content (AvgIpc) is 2.61. The van der Waals surface area contributed by atoms with Crippen molar-refractivity contribution < 1.29 is 39.2 Å². The van der Waals surface area contributed by atoms with Crippen molar-refractivity contribution in [2.45, 2.75) is 18.9 Å². The topological polar surface area (TPSA) is 160 Å². The molecule has 1 rings (SSSR count). The third-order valence-corrected chi connectivity index (χ3v) is 3.13. The monoisotopic (exact) mass is 386 g/mol. The third kappa shape index (κ3) is 8.90. The van der Waals surface area contributed by atoms with E-state index < -0.39 is 28.9 Å². The summed E-state index contributed by atoms with van der Waals surface area (Å²) >= 11 is 0. The van der Waals surface area contributed by atoms with Gasteiger partial charge in [0.15, 0.2) is 11.5 Å². The average molecular weight is 386 g/mol. The van der Waals surface area contributed by atoms with Crippen LogP contribution in [0.4, 0.5) is 0 Å². The second-order valence-electron chi connectivity index (χ2n) is 5.04. The number of nitrogens with zero attached hydrogens (tertiary/aromatic N) is 2. The Morgan fingerprint density at radius 2 is 2.04 bits per heavy atom. The lowest BCUT2D eigenvalue weighted by Gasteiger charge is -2.13. The van der Waals surface area contributed by atoms with Crippen molar-refractivity contribution in [3.05, 3.63) is 50.1 Å². The molecule has 1 atom stereocenters. The van der Waals surface area contributed by atoms with Crippen LogP contribution in [0.15, 0.2) is 24.3 Å². The smallest absolute Gasteiger partial charge is 0.330 e. The number of ether oxygens (including phenoxy) is 2. The van der Waals surface area contributed by atoms with Crippen LogP contribution < -0.4 is 4.74 Å². The van der Waals surface area contributed by atoms with Crippen molar-refractivity contribution in [3.63, 3.8) is 0 Å². The van der Waals surface area contributed by atoms with Crippen molar-refractivity contribution in [3.8, 4) is 11.5 Å². The maximum Gasteiger partial charge on any atom is 0.330 e. The Balaban J connectivity index is 2.40. The number of esters is 1. The summed E-state index contributed by atoms with van der Waals surface area (Å²) in [6, 6.07) is 4.50. The summed E-state index contributed by atoms with van der Waals surface area (Å²) in [5, 5.41) is 27.8. The first-order valence-electron chi connectivity index (χ1n) is 7.62. The molecule has 0 saturated heterocycles. The van der Waals surface area contributed by atoms with Crippen LogP contribution in [0.25, 0.3) is 6.08 Å². The molecule has 0 aliphatic heterocycles. The molecule has 0 fully saturated rings. The minimum absolute atomic E-state index is 0.0149. The van der Waals surface area contributed by atoms with Crippen LogP contribution in [-0.2, 0) is 19.2 Å². The highest BCUT2D eigenvalue weighted by atomic mass is 17.0. The molecule has 148 valence electrons. The van der Waals surface area contributed by atoms with Crippen molar-refractivity contribution in [2.24, 2.45) is 0 Å². The fourth-order valence-electron chi connectivity index (χ4n) is 1.93. The van der Waals surface area contributed by atoms with Gasteiger partial charge in [-0.2, -0.15) is 0 Å². The van der Waals surface area contributed by atoms with Crippen molar-refractivity contribution in [2.75, 3.05) is 20.3 Å². The van der Waals surface area contributed by atoms with Gasteiger partial charge in [-0.1, -0.05) is 6.07 Å². The Hall–Kier alpha value is -3.57. The molecular formula is C15H18N2O10. The summed E-state index contributed by atoms with van der Waals surface area (Å²) in [5.74, 6) is -0.445. The molecule has 0 bridgehead atoms. The molecule has 0 aromatic heterocycles. The van der Waals surface area contributed by atoms with Gasteiger partial charge in [-0.3, -0.25) is 0 Å². The number of benzene rings is 1. The second kappa shape index (κ2) is 11.1. The van der Waals surface area contributed by atoms with E-state index in [4.69, 9.17) is 9.47 Å². The van der Waals surface area contributed by atoms with E-state index in [2.05, 4.69) is 9.68 Å². The Morgan fingerprint density at radius 1 is 1.30 bits per heavy atom. The maximum atomic E-state index is 11.6. The lowest BCUT2D eigenvalue weighted by Crippen LogP contribution is -2.25. The number of carbonyl (C=O) groups is 1. The van der Waals surface area contributed by atoms with Crippen LogP contribution in [0.3, 0.4) is 0 Å². The highest BCUT2D eigenvalue weighted by Crippen LogP contribution is 2.26. The summed E-state index contributed by atoms with van der Waals surface area (Å²) in [4.78, 5) is 40.4.